The third-order valence-electron chi connectivity index (χ3n) is 2.87. The molecule has 0 fully saturated rings. The number of carbonyl (C=O) groups excluding carboxylic acids is 1. The number of benzene rings is 1. The summed E-state index contributed by atoms with van der Waals surface area (Å²) < 4.78 is 4.69. The highest BCUT2D eigenvalue weighted by Gasteiger charge is 2.23. The van der Waals surface area contributed by atoms with Crippen LogP contribution in [0.25, 0.3) is 0 Å². The van der Waals surface area contributed by atoms with Crippen LogP contribution in [-0.2, 0) is 9.53 Å². The molecule has 0 saturated carbocycles. The largest absolute Gasteiger partial charge is 0.478 e. The van der Waals surface area contributed by atoms with Gasteiger partial charge in [0.2, 0.25) is 0 Å². The van der Waals surface area contributed by atoms with Crippen molar-refractivity contribution in [2.45, 2.75) is 32.5 Å². The second-order valence-electron chi connectivity index (χ2n) is 4.40. The minimum atomic E-state index is -1.30. The maximum atomic E-state index is 11.2. The molecule has 0 bridgehead atoms. The standard InChI is InChI=1S/C14H18O6/c1-3-20-12(16)7-11(15)13(17)9-4-5-10(14(18)19)8(2)6-9/h4-6,11,13,15,17H,3,7H2,1-2H3,(H,18,19). The number of carboxylic acids is 1. The van der Waals surface area contributed by atoms with Crippen LogP contribution in [0.1, 0.15) is 40.9 Å². The topological polar surface area (TPSA) is 104 Å². The number of carboxylic acid groups (broad SMARTS) is 1. The zero-order valence-corrected chi connectivity index (χ0v) is 11.4. The van der Waals surface area contributed by atoms with E-state index in [2.05, 4.69) is 4.74 Å². The second kappa shape index (κ2) is 7.02. The van der Waals surface area contributed by atoms with E-state index in [-0.39, 0.29) is 18.6 Å². The molecule has 0 heterocycles. The predicted molar refractivity (Wildman–Crippen MR) is 70.4 cm³/mol. The number of esters is 1. The van der Waals surface area contributed by atoms with Crippen molar-refractivity contribution < 1.29 is 29.6 Å². The van der Waals surface area contributed by atoms with Crippen LogP contribution >= 0.6 is 0 Å². The number of aliphatic hydroxyl groups is 2. The van der Waals surface area contributed by atoms with Gasteiger partial charge < -0.3 is 20.1 Å². The highest BCUT2D eigenvalue weighted by atomic mass is 16.5. The Hall–Kier alpha value is -1.92. The monoisotopic (exact) mass is 282 g/mol. The van der Waals surface area contributed by atoms with Gasteiger partial charge in [0.1, 0.15) is 6.10 Å². The van der Waals surface area contributed by atoms with Crippen molar-refractivity contribution in [3.8, 4) is 0 Å². The maximum Gasteiger partial charge on any atom is 0.335 e. The lowest BCUT2D eigenvalue weighted by molar-refractivity contribution is -0.147. The van der Waals surface area contributed by atoms with E-state index < -0.39 is 24.1 Å². The van der Waals surface area contributed by atoms with Crippen LogP contribution in [0.3, 0.4) is 0 Å². The van der Waals surface area contributed by atoms with Crippen LogP contribution in [-0.4, -0.2) is 40.0 Å². The third-order valence-corrected chi connectivity index (χ3v) is 2.87. The highest BCUT2D eigenvalue weighted by Crippen LogP contribution is 2.22. The summed E-state index contributed by atoms with van der Waals surface area (Å²) in [6.45, 7) is 3.44. The van der Waals surface area contributed by atoms with E-state index >= 15 is 0 Å². The Labute approximate surface area is 116 Å². The molecular weight excluding hydrogens is 264 g/mol. The van der Waals surface area contributed by atoms with E-state index in [1.54, 1.807) is 13.8 Å². The number of hydrogen-bond acceptors (Lipinski definition) is 5. The zero-order valence-electron chi connectivity index (χ0n) is 11.4. The first-order chi connectivity index (χ1) is 9.36. The van der Waals surface area contributed by atoms with Gasteiger partial charge in [0.05, 0.1) is 24.7 Å². The third kappa shape index (κ3) is 4.04. The van der Waals surface area contributed by atoms with E-state index in [0.29, 0.717) is 11.1 Å². The molecule has 0 saturated heterocycles. The summed E-state index contributed by atoms with van der Waals surface area (Å²) in [5.41, 5.74) is 0.947. The molecule has 20 heavy (non-hydrogen) atoms. The van der Waals surface area contributed by atoms with Crippen LogP contribution in [0.15, 0.2) is 18.2 Å². The molecule has 0 aliphatic heterocycles. The lowest BCUT2D eigenvalue weighted by Crippen LogP contribution is -2.23. The van der Waals surface area contributed by atoms with Crippen molar-refractivity contribution >= 4 is 11.9 Å². The van der Waals surface area contributed by atoms with Gasteiger partial charge in [-0.3, -0.25) is 4.79 Å². The van der Waals surface area contributed by atoms with Crippen molar-refractivity contribution in [3.05, 3.63) is 34.9 Å². The molecule has 6 nitrogen and oxygen atoms in total. The molecule has 0 spiro atoms. The van der Waals surface area contributed by atoms with Crippen molar-refractivity contribution in [1.29, 1.82) is 0 Å². The normalized spacial score (nSPS) is 13.6. The van der Waals surface area contributed by atoms with Gasteiger partial charge in [-0.2, -0.15) is 0 Å². The SMILES string of the molecule is CCOC(=O)CC(O)C(O)c1ccc(C(=O)O)c(C)c1. The van der Waals surface area contributed by atoms with E-state index in [4.69, 9.17) is 5.11 Å². The lowest BCUT2D eigenvalue weighted by atomic mass is 9.98. The van der Waals surface area contributed by atoms with Crippen molar-refractivity contribution in [3.63, 3.8) is 0 Å². The average molecular weight is 282 g/mol. The minimum absolute atomic E-state index is 0.126. The summed E-state index contributed by atoms with van der Waals surface area (Å²) in [6.07, 6.45) is -2.90. The van der Waals surface area contributed by atoms with E-state index in [0.717, 1.165) is 0 Å². The molecule has 0 amide bonds. The molecule has 0 radical (unpaired) electrons. The molecule has 110 valence electrons. The first-order valence-corrected chi connectivity index (χ1v) is 6.22. The van der Waals surface area contributed by atoms with Gasteiger partial charge in [0.25, 0.3) is 0 Å². The number of aromatic carboxylic acids is 1. The Bertz CT molecular complexity index is 496. The molecule has 1 aromatic carbocycles. The summed E-state index contributed by atoms with van der Waals surface area (Å²) in [7, 11) is 0. The van der Waals surface area contributed by atoms with Gasteiger partial charge in [0.15, 0.2) is 0 Å². The fourth-order valence-electron chi connectivity index (χ4n) is 1.84. The van der Waals surface area contributed by atoms with Crippen molar-refractivity contribution in [1.82, 2.24) is 0 Å². The van der Waals surface area contributed by atoms with Crippen LogP contribution in [0.2, 0.25) is 0 Å². The van der Waals surface area contributed by atoms with Gasteiger partial charge in [-0.05, 0) is 31.0 Å². The first-order valence-electron chi connectivity index (χ1n) is 6.22. The van der Waals surface area contributed by atoms with E-state index in [1.807, 2.05) is 0 Å². The van der Waals surface area contributed by atoms with Gasteiger partial charge >= 0.3 is 11.9 Å². The van der Waals surface area contributed by atoms with Crippen LogP contribution in [0, 0.1) is 6.92 Å². The first kappa shape index (κ1) is 16.1. The Morgan fingerprint density at radius 3 is 2.45 bits per heavy atom. The van der Waals surface area contributed by atoms with Gasteiger partial charge in [0, 0.05) is 0 Å². The summed E-state index contributed by atoms with van der Waals surface area (Å²) >= 11 is 0. The molecule has 1 aromatic rings. The maximum absolute atomic E-state index is 11.2. The van der Waals surface area contributed by atoms with Gasteiger partial charge in [-0.15, -0.1) is 0 Å². The van der Waals surface area contributed by atoms with Crippen LogP contribution in [0.4, 0.5) is 0 Å². The summed E-state index contributed by atoms with van der Waals surface area (Å²) in [5, 5.41) is 28.6. The van der Waals surface area contributed by atoms with E-state index in [1.165, 1.54) is 18.2 Å². The predicted octanol–water partition coefficient (Wildman–Crippen LogP) is 1.04. The Kier molecular flexibility index (Phi) is 5.66. The summed E-state index contributed by atoms with van der Waals surface area (Å²) in [5.74, 6) is -1.66. The molecule has 3 N–H and O–H groups in total. The smallest absolute Gasteiger partial charge is 0.335 e. The molecule has 0 aliphatic carbocycles. The van der Waals surface area contributed by atoms with Crippen molar-refractivity contribution in [2.75, 3.05) is 6.61 Å². The number of aryl methyl sites for hydroxylation is 1. The second-order valence-corrected chi connectivity index (χ2v) is 4.40. The number of hydrogen-bond donors (Lipinski definition) is 3. The zero-order chi connectivity index (χ0) is 15.3. The van der Waals surface area contributed by atoms with Gasteiger partial charge in [-0.25, -0.2) is 4.79 Å². The fourth-order valence-corrected chi connectivity index (χ4v) is 1.84. The lowest BCUT2D eigenvalue weighted by Gasteiger charge is -2.18. The minimum Gasteiger partial charge on any atom is -0.478 e. The van der Waals surface area contributed by atoms with E-state index in [9.17, 15) is 19.8 Å². The molecule has 0 aliphatic rings. The Balaban J connectivity index is 2.81. The molecule has 6 heteroatoms. The van der Waals surface area contributed by atoms with Gasteiger partial charge in [-0.1, -0.05) is 12.1 Å². The fraction of sp³-hybridized carbons (Fsp3) is 0.429. The molecular formula is C14H18O6. The Morgan fingerprint density at radius 2 is 1.95 bits per heavy atom. The number of rotatable bonds is 6. The number of aliphatic hydroxyl groups excluding tert-OH is 2. The van der Waals surface area contributed by atoms with Crippen LogP contribution < -0.4 is 0 Å². The molecule has 2 atom stereocenters. The van der Waals surface area contributed by atoms with Crippen LogP contribution in [0.5, 0.6) is 0 Å². The average Bonchev–Trinajstić information content (AvgIpc) is 2.37. The molecule has 1 rings (SSSR count). The summed E-state index contributed by atoms with van der Waals surface area (Å²) in [6, 6.07) is 4.24. The number of ether oxygens (including phenoxy) is 1. The quantitative estimate of drug-likeness (QED) is 0.673. The summed E-state index contributed by atoms with van der Waals surface area (Å²) in [4.78, 5) is 22.1. The number of carbonyl (C=O) groups is 2. The van der Waals surface area contributed by atoms with Crippen molar-refractivity contribution in [2.24, 2.45) is 0 Å². The molecule has 2 unspecified atom stereocenters. The Morgan fingerprint density at radius 1 is 1.30 bits per heavy atom. The highest BCUT2D eigenvalue weighted by molar-refractivity contribution is 5.89. The molecule has 0 aromatic heterocycles.